The lowest BCUT2D eigenvalue weighted by molar-refractivity contribution is -0.170. The molecule has 0 aromatic heterocycles. The van der Waals surface area contributed by atoms with Gasteiger partial charge in [-0.2, -0.15) is 13.2 Å². The molecule has 2 atom stereocenters. The molecule has 196 valence electrons. The van der Waals surface area contributed by atoms with Gasteiger partial charge in [-0.25, -0.2) is 0 Å². The minimum Gasteiger partial charge on any atom is -0.508 e. The van der Waals surface area contributed by atoms with Gasteiger partial charge in [-0.1, -0.05) is 23.7 Å². The molecule has 11 heteroatoms. The Morgan fingerprint density at radius 1 is 1.14 bits per heavy atom. The summed E-state index contributed by atoms with van der Waals surface area (Å²) in [5.74, 6) is -2.14. The van der Waals surface area contributed by atoms with Crippen LogP contribution in [0.3, 0.4) is 0 Å². The SMILES string of the molecule is CN(C(=O)C(F)(F)F)c1ccc(O)cc1N1CC(O)C(NC2CCN(Cc3ccc(Cl)cc3)CC2)C1. The number of aromatic hydroxyl groups is 1. The average molecular weight is 527 g/mol. The van der Waals surface area contributed by atoms with Crippen LogP contribution in [0.2, 0.25) is 5.02 Å². The zero-order valence-corrected chi connectivity index (χ0v) is 20.6. The smallest absolute Gasteiger partial charge is 0.471 e. The van der Waals surface area contributed by atoms with Crippen molar-refractivity contribution in [1.29, 1.82) is 0 Å². The molecule has 0 saturated carbocycles. The predicted molar refractivity (Wildman–Crippen MR) is 132 cm³/mol. The van der Waals surface area contributed by atoms with Crippen molar-refractivity contribution in [3.8, 4) is 5.75 Å². The zero-order chi connectivity index (χ0) is 26.0. The van der Waals surface area contributed by atoms with E-state index in [1.165, 1.54) is 23.8 Å². The first-order valence-corrected chi connectivity index (χ1v) is 12.2. The number of phenolic OH excluding ortho intramolecular Hbond substituents is 1. The molecule has 2 aromatic carbocycles. The lowest BCUT2D eigenvalue weighted by Crippen LogP contribution is -2.49. The van der Waals surface area contributed by atoms with Crippen molar-refractivity contribution in [1.82, 2.24) is 10.2 Å². The zero-order valence-electron chi connectivity index (χ0n) is 19.9. The number of nitrogens with one attached hydrogen (secondary N) is 1. The van der Waals surface area contributed by atoms with Crippen LogP contribution in [-0.4, -0.2) is 78.6 Å². The summed E-state index contributed by atoms with van der Waals surface area (Å²) in [4.78, 5) is 16.4. The number of carbonyl (C=O) groups excluding carboxylic acids is 1. The van der Waals surface area contributed by atoms with Gasteiger partial charge in [-0.15, -0.1) is 0 Å². The van der Waals surface area contributed by atoms with Gasteiger partial charge in [0.15, 0.2) is 0 Å². The topological polar surface area (TPSA) is 79.3 Å². The number of halogens is 4. The minimum atomic E-state index is -5.03. The monoisotopic (exact) mass is 526 g/mol. The van der Waals surface area contributed by atoms with Crippen molar-refractivity contribution in [3.05, 3.63) is 53.1 Å². The number of rotatable bonds is 6. The van der Waals surface area contributed by atoms with E-state index in [2.05, 4.69) is 10.2 Å². The molecule has 1 amide bonds. The number of aliphatic hydroxyl groups excluding tert-OH is 1. The van der Waals surface area contributed by atoms with Crippen LogP contribution in [0.5, 0.6) is 5.75 Å². The second-order valence-corrected chi connectivity index (χ2v) is 9.89. The first kappa shape index (κ1) is 26.5. The maximum atomic E-state index is 13.0. The van der Waals surface area contributed by atoms with E-state index in [0.717, 1.165) is 39.5 Å². The van der Waals surface area contributed by atoms with Crippen molar-refractivity contribution in [3.63, 3.8) is 0 Å². The number of β-amino-alcohol motifs (C(OH)–C–C–N with tert-alkyl or cyclic N) is 1. The van der Waals surface area contributed by atoms with Gasteiger partial charge >= 0.3 is 12.1 Å². The molecule has 0 bridgehead atoms. The van der Waals surface area contributed by atoms with Gasteiger partial charge in [0.05, 0.1) is 23.5 Å². The molecule has 0 aliphatic carbocycles. The second kappa shape index (κ2) is 10.8. The van der Waals surface area contributed by atoms with Gasteiger partial charge in [0.1, 0.15) is 5.75 Å². The Hall–Kier alpha value is -2.53. The third-order valence-electron chi connectivity index (χ3n) is 6.85. The van der Waals surface area contributed by atoms with Gasteiger partial charge in [0, 0.05) is 43.8 Å². The highest BCUT2D eigenvalue weighted by Gasteiger charge is 2.43. The van der Waals surface area contributed by atoms with Crippen LogP contribution < -0.4 is 15.1 Å². The Kier molecular flexibility index (Phi) is 7.99. The summed E-state index contributed by atoms with van der Waals surface area (Å²) in [5.41, 5.74) is 1.47. The minimum absolute atomic E-state index is 0.0125. The molecule has 2 unspecified atom stereocenters. The Balaban J connectivity index is 1.36. The van der Waals surface area contributed by atoms with E-state index in [-0.39, 0.29) is 35.8 Å². The standard InChI is InChI=1S/C25H30ClF3N4O3/c1-31(24(36)25(27,28)29)21-7-6-19(34)12-22(21)33-14-20(23(35)15-33)30-18-8-10-32(11-9-18)13-16-2-4-17(26)5-3-16/h2-7,12,18,20,23,30,34-35H,8-11,13-15H2,1H3. The van der Waals surface area contributed by atoms with E-state index in [0.29, 0.717) is 16.5 Å². The molecule has 2 aromatic rings. The lowest BCUT2D eigenvalue weighted by Gasteiger charge is -2.34. The maximum absolute atomic E-state index is 13.0. The van der Waals surface area contributed by atoms with Crippen LogP contribution in [0.25, 0.3) is 0 Å². The molecule has 7 nitrogen and oxygen atoms in total. The Bertz CT molecular complexity index is 1060. The molecule has 0 radical (unpaired) electrons. The molecule has 2 aliphatic heterocycles. The van der Waals surface area contributed by atoms with Crippen LogP contribution in [0.1, 0.15) is 18.4 Å². The third-order valence-corrected chi connectivity index (χ3v) is 7.11. The molecule has 3 N–H and O–H groups in total. The van der Waals surface area contributed by atoms with Crippen LogP contribution in [0.15, 0.2) is 42.5 Å². The number of likely N-dealkylation sites (tertiary alicyclic amines) is 1. The van der Waals surface area contributed by atoms with Crippen LogP contribution in [0, 0.1) is 0 Å². The fourth-order valence-corrected chi connectivity index (χ4v) is 5.03. The molecular weight excluding hydrogens is 497 g/mol. The first-order valence-electron chi connectivity index (χ1n) is 11.8. The third kappa shape index (κ3) is 6.23. The Morgan fingerprint density at radius 3 is 2.44 bits per heavy atom. The van der Waals surface area contributed by atoms with Crippen LogP contribution in [-0.2, 0) is 11.3 Å². The van der Waals surface area contributed by atoms with E-state index < -0.39 is 18.2 Å². The van der Waals surface area contributed by atoms with Crippen molar-refractivity contribution >= 4 is 28.9 Å². The van der Waals surface area contributed by atoms with E-state index >= 15 is 0 Å². The molecule has 2 fully saturated rings. The van der Waals surface area contributed by atoms with Gasteiger partial charge < -0.3 is 25.3 Å². The molecule has 2 aliphatic rings. The number of anilines is 2. The lowest BCUT2D eigenvalue weighted by atomic mass is 10.0. The highest BCUT2D eigenvalue weighted by atomic mass is 35.5. The number of benzene rings is 2. The van der Waals surface area contributed by atoms with Crippen molar-refractivity contribution in [2.24, 2.45) is 0 Å². The fourth-order valence-electron chi connectivity index (χ4n) is 4.90. The number of hydrogen-bond acceptors (Lipinski definition) is 6. The van der Waals surface area contributed by atoms with Gasteiger partial charge in [0.2, 0.25) is 0 Å². The second-order valence-electron chi connectivity index (χ2n) is 9.46. The molecule has 2 heterocycles. The number of amides is 1. The number of nitrogens with zero attached hydrogens (tertiary/aromatic N) is 3. The normalized spacial score (nSPS) is 21.7. The molecule has 36 heavy (non-hydrogen) atoms. The van der Waals surface area contributed by atoms with E-state index in [1.807, 2.05) is 24.3 Å². The Labute approximate surface area is 213 Å². The van der Waals surface area contributed by atoms with E-state index in [1.54, 1.807) is 4.90 Å². The predicted octanol–water partition coefficient (Wildman–Crippen LogP) is 3.37. The number of piperidine rings is 1. The van der Waals surface area contributed by atoms with Gasteiger partial charge in [-0.3, -0.25) is 9.69 Å². The van der Waals surface area contributed by atoms with E-state index in [9.17, 15) is 28.2 Å². The first-order chi connectivity index (χ1) is 17.0. The summed E-state index contributed by atoms with van der Waals surface area (Å²) in [6, 6.07) is 11.5. The molecule has 2 saturated heterocycles. The number of phenols is 1. The number of hydrogen-bond donors (Lipinski definition) is 3. The number of carbonyl (C=O) groups is 1. The Morgan fingerprint density at radius 2 is 1.81 bits per heavy atom. The van der Waals surface area contributed by atoms with Crippen LogP contribution >= 0.6 is 11.6 Å². The van der Waals surface area contributed by atoms with E-state index in [4.69, 9.17) is 11.6 Å². The van der Waals surface area contributed by atoms with Gasteiger partial charge in [0.25, 0.3) is 0 Å². The molecule has 4 rings (SSSR count). The highest BCUT2D eigenvalue weighted by Crippen LogP contribution is 2.36. The van der Waals surface area contributed by atoms with Gasteiger partial charge in [-0.05, 0) is 55.8 Å². The average Bonchev–Trinajstić information content (AvgIpc) is 3.20. The molecule has 0 spiro atoms. The summed E-state index contributed by atoms with van der Waals surface area (Å²) >= 11 is 5.96. The summed E-state index contributed by atoms with van der Waals surface area (Å²) < 4.78 is 39.0. The van der Waals surface area contributed by atoms with Crippen LogP contribution in [0.4, 0.5) is 24.5 Å². The molecular formula is C25H30ClF3N4O3. The van der Waals surface area contributed by atoms with Crippen molar-refractivity contribution in [2.75, 3.05) is 43.0 Å². The number of aliphatic hydroxyl groups is 1. The van der Waals surface area contributed by atoms with Crippen molar-refractivity contribution in [2.45, 2.75) is 43.8 Å². The summed E-state index contributed by atoms with van der Waals surface area (Å²) in [7, 11) is 1.05. The summed E-state index contributed by atoms with van der Waals surface area (Å²) in [5, 5.41) is 24.9. The van der Waals surface area contributed by atoms with Crippen molar-refractivity contribution < 1.29 is 28.2 Å². The quantitative estimate of drug-likeness (QED) is 0.536. The fraction of sp³-hybridized carbons (Fsp3) is 0.480. The summed E-state index contributed by atoms with van der Waals surface area (Å²) in [6.45, 7) is 3.13. The summed E-state index contributed by atoms with van der Waals surface area (Å²) in [6.07, 6.45) is -3.98. The number of alkyl halides is 3. The largest absolute Gasteiger partial charge is 0.508 e. The maximum Gasteiger partial charge on any atom is 0.471 e. The highest BCUT2D eigenvalue weighted by molar-refractivity contribution is 6.30.